The monoisotopic (exact) mass is 297 g/mol. The van der Waals surface area contributed by atoms with Crippen LogP contribution in [0.25, 0.3) is 0 Å². The highest BCUT2D eigenvalue weighted by molar-refractivity contribution is 8.14. The van der Waals surface area contributed by atoms with E-state index < -0.39 is 23.8 Å². The van der Waals surface area contributed by atoms with Crippen LogP contribution in [0.2, 0.25) is 0 Å². The van der Waals surface area contributed by atoms with Crippen LogP contribution in [0.1, 0.15) is 6.92 Å². The number of ether oxygens (including phenoxy) is 1. The number of carbonyl (C=O) groups is 2. The van der Waals surface area contributed by atoms with E-state index in [2.05, 4.69) is 9.73 Å². The number of fused-ring (bicyclic) bond motifs is 1. The molecular formula is C9H10F3N3O3S. The highest BCUT2D eigenvalue weighted by atomic mass is 32.2. The van der Waals surface area contributed by atoms with Crippen LogP contribution in [0.4, 0.5) is 18.0 Å². The number of aliphatic imine (C=N–C) groups is 1. The number of hydrogen-bond acceptors (Lipinski definition) is 5. The van der Waals surface area contributed by atoms with Gasteiger partial charge in [0, 0.05) is 12.3 Å². The first-order valence-electron chi connectivity index (χ1n) is 5.38. The minimum absolute atomic E-state index is 0.0286. The van der Waals surface area contributed by atoms with Crippen molar-refractivity contribution in [1.82, 2.24) is 10.2 Å². The summed E-state index contributed by atoms with van der Waals surface area (Å²) in [6, 6.07) is 0. The smallest absolute Gasteiger partial charge is 0.442 e. The summed E-state index contributed by atoms with van der Waals surface area (Å²) in [6.07, 6.45) is -6.36. The third kappa shape index (κ3) is 2.13. The molecule has 0 bridgehead atoms. The van der Waals surface area contributed by atoms with Crippen molar-refractivity contribution in [3.05, 3.63) is 0 Å². The Balaban J connectivity index is 2.35. The lowest BCUT2D eigenvalue weighted by atomic mass is 10.1. The van der Waals surface area contributed by atoms with Crippen molar-refractivity contribution >= 4 is 28.9 Å². The number of nitrogens with one attached hydrogen (secondary N) is 1. The molecule has 2 heterocycles. The predicted molar refractivity (Wildman–Crippen MR) is 60.5 cm³/mol. The number of carbonyl (C=O) groups excluding carboxylic acids is 2. The van der Waals surface area contributed by atoms with Gasteiger partial charge in [0.25, 0.3) is 5.91 Å². The van der Waals surface area contributed by atoms with Crippen molar-refractivity contribution in [2.75, 3.05) is 18.9 Å². The van der Waals surface area contributed by atoms with Crippen molar-refractivity contribution in [2.24, 2.45) is 4.99 Å². The molecule has 1 fully saturated rings. The van der Waals surface area contributed by atoms with Crippen molar-refractivity contribution in [3.63, 3.8) is 0 Å². The molecule has 0 aromatic carbocycles. The number of alkyl halides is 3. The summed E-state index contributed by atoms with van der Waals surface area (Å²) in [5.74, 6) is -0.814. The molecule has 0 aliphatic carbocycles. The Hall–Kier alpha value is -1.45. The highest BCUT2D eigenvalue weighted by Crippen LogP contribution is 2.40. The first-order valence-corrected chi connectivity index (χ1v) is 6.36. The van der Waals surface area contributed by atoms with Crippen LogP contribution in [-0.4, -0.2) is 52.8 Å². The summed E-state index contributed by atoms with van der Waals surface area (Å²) in [4.78, 5) is 27.4. The Labute approximate surface area is 110 Å². The summed E-state index contributed by atoms with van der Waals surface area (Å²) in [5.41, 5.74) is -3.26. The zero-order valence-corrected chi connectivity index (χ0v) is 10.6. The Morgan fingerprint density at radius 2 is 2.32 bits per heavy atom. The topological polar surface area (TPSA) is 71.0 Å². The van der Waals surface area contributed by atoms with Gasteiger partial charge < -0.3 is 4.74 Å². The molecule has 2 amide bonds. The van der Waals surface area contributed by atoms with Gasteiger partial charge in [-0.1, -0.05) is 11.8 Å². The van der Waals surface area contributed by atoms with E-state index in [1.165, 1.54) is 12.2 Å². The third-order valence-electron chi connectivity index (χ3n) is 2.56. The van der Waals surface area contributed by atoms with E-state index in [0.29, 0.717) is 5.75 Å². The molecule has 2 rings (SSSR count). The number of alkyl carbamates (subject to hydrolysis) is 1. The fraction of sp³-hybridized carbons (Fsp3) is 0.667. The molecule has 0 aromatic heterocycles. The second-order valence-electron chi connectivity index (χ2n) is 3.75. The van der Waals surface area contributed by atoms with E-state index in [1.807, 2.05) is 0 Å². The fourth-order valence-electron chi connectivity index (χ4n) is 1.72. The maximum absolute atomic E-state index is 13.1. The van der Waals surface area contributed by atoms with Gasteiger partial charge in [-0.25, -0.2) is 9.79 Å². The lowest BCUT2D eigenvalue weighted by molar-refractivity contribution is -0.196. The Kier molecular flexibility index (Phi) is 3.37. The van der Waals surface area contributed by atoms with E-state index in [9.17, 15) is 22.8 Å². The average Bonchev–Trinajstić information content (AvgIpc) is 2.82. The highest BCUT2D eigenvalue weighted by Gasteiger charge is 2.68. The minimum atomic E-state index is -5.03. The zero-order chi connectivity index (χ0) is 14.3. The van der Waals surface area contributed by atoms with Gasteiger partial charge >= 0.3 is 17.9 Å². The van der Waals surface area contributed by atoms with E-state index in [4.69, 9.17) is 0 Å². The molecule has 6 nitrogen and oxygen atoms in total. The van der Waals surface area contributed by atoms with Crippen LogP contribution in [0.15, 0.2) is 4.99 Å². The summed E-state index contributed by atoms with van der Waals surface area (Å²) in [5, 5.41) is 1.50. The average molecular weight is 297 g/mol. The van der Waals surface area contributed by atoms with Crippen LogP contribution in [0, 0.1) is 0 Å². The van der Waals surface area contributed by atoms with Gasteiger partial charge in [-0.2, -0.15) is 13.2 Å². The van der Waals surface area contributed by atoms with Gasteiger partial charge in [-0.15, -0.1) is 0 Å². The van der Waals surface area contributed by atoms with E-state index in [0.717, 1.165) is 16.7 Å². The molecule has 2 aliphatic heterocycles. The SMILES string of the molecule is CCOC(=O)N[C@]1(C(F)(F)F)N=C2SCCN2C1=O. The summed E-state index contributed by atoms with van der Waals surface area (Å²) < 4.78 is 43.8. The summed E-state index contributed by atoms with van der Waals surface area (Å²) in [6.45, 7) is 1.48. The number of nitrogens with zero attached hydrogens (tertiary/aromatic N) is 2. The maximum atomic E-state index is 13.1. The van der Waals surface area contributed by atoms with Gasteiger partial charge in [0.2, 0.25) is 0 Å². The molecule has 0 spiro atoms. The number of rotatable bonds is 2. The number of amides is 2. The Morgan fingerprint density at radius 3 is 2.84 bits per heavy atom. The van der Waals surface area contributed by atoms with E-state index in [1.54, 1.807) is 0 Å². The van der Waals surface area contributed by atoms with Crippen LogP contribution < -0.4 is 5.32 Å². The summed E-state index contributed by atoms with van der Waals surface area (Å²) >= 11 is 1.04. The number of halogens is 3. The Morgan fingerprint density at radius 1 is 1.63 bits per heavy atom. The lowest BCUT2D eigenvalue weighted by Crippen LogP contribution is -2.63. The largest absolute Gasteiger partial charge is 0.450 e. The fourth-order valence-corrected chi connectivity index (χ4v) is 2.71. The van der Waals surface area contributed by atoms with E-state index in [-0.39, 0.29) is 18.3 Å². The van der Waals surface area contributed by atoms with Gasteiger partial charge in [-0.3, -0.25) is 15.0 Å². The zero-order valence-electron chi connectivity index (χ0n) is 9.78. The molecular weight excluding hydrogens is 287 g/mol. The normalized spacial score (nSPS) is 26.2. The van der Waals surface area contributed by atoms with Gasteiger partial charge in [0.05, 0.1) is 6.61 Å². The molecule has 1 saturated heterocycles. The maximum Gasteiger partial charge on any atom is 0.442 e. The van der Waals surface area contributed by atoms with Crippen LogP contribution in [-0.2, 0) is 9.53 Å². The Bertz CT molecular complexity index is 454. The van der Waals surface area contributed by atoms with Gasteiger partial charge in [0.15, 0.2) is 5.17 Å². The molecule has 10 heteroatoms. The number of amidine groups is 1. The molecule has 0 unspecified atom stereocenters. The number of hydrogen-bond donors (Lipinski definition) is 1. The molecule has 106 valence electrons. The quantitative estimate of drug-likeness (QED) is 0.823. The predicted octanol–water partition coefficient (Wildman–Crippen LogP) is 0.936. The van der Waals surface area contributed by atoms with Gasteiger partial charge in [0.1, 0.15) is 0 Å². The third-order valence-corrected chi connectivity index (χ3v) is 3.52. The second kappa shape index (κ2) is 4.58. The van der Waals surface area contributed by atoms with Crippen molar-refractivity contribution in [2.45, 2.75) is 18.8 Å². The van der Waals surface area contributed by atoms with Crippen molar-refractivity contribution < 1.29 is 27.5 Å². The minimum Gasteiger partial charge on any atom is -0.450 e. The van der Waals surface area contributed by atoms with Crippen LogP contribution in [0.3, 0.4) is 0 Å². The van der Waals surface area contributed by atoms with Crippen molar-refractivity contribution in [1.29, 1.82) is 0 Å². The summed E-state index contributed by atoms with van der Waals surface area (Å²) in [7, 11) is 0. The van der Waals surface area contributed by atoms with Crippen molar-refractivity contribution in [3.8, 4) is 0 Å². The first kappa shape index (κ1) is 14.0. The second-order valence-corrected chi connectivity index (χ2v) is 4.82. The van der Waals surface area contributed by atoms with Crippen LogP contribution in [0.5, 0.6) is 0 Å². The first-order chi connectivity index (χ1) is 8.82. The molecule has 0 radical (unpaired) electrons. The lowest BCUT2D eigenvalue weighted by Gasteiger charge is -2.28. The standard InChI is InChI=1S/C9H10F3N3O3S/c1-2-18-7(17)14-8(9(10,11)12)5(16)15-3-4-19-6(15)13-8/h2-4H2,1H3,(H,14,17)/t8-/m1/s1. The van der Waals surface area contributed by atoms with Crippen LogP contribution >= 0.6 is 11.8 Å². The van der Waals surface area contributed by atoms with Gasteiger partial charge in [-0.05, 0) is 6.92 Å². The number of thioether (sulfide) groups is 1. The molecule has 1 N–H and O–H groups in total. The molecule has 0 saturated carbocycles. The van der Waals surface area contributed by atoms with E-state index >= 15 is 0 Å². The molecule has 1 atom stereocenters. The molecule has 2 aliphatic rings. The molecule has 19 heavy (non-hydrogen) atoms. The molecule has 0 aromatic rings.